The van der Waals surface area contributed by atoms with Crippen LogP contribution in [0.15, 0.2) is 47.6 Å². The SMILES string of the molecule is CCNC(c1ccc(S(C)(=O)=O)cc1)c1cncc(C)c1. The van der Waals surface area contributed by atoms with Crippen molar-refractivity contribution in [2.75, 3.05) is 12.8 Å². The van der Waals surface area contributed by atoms with Crippen LogP contribution in [0.1, 0.15) is 29.7 Å². The highest BCUT2D eigenvalue weighted by atomic mass is 32.2. The van der Waals surface area contributed by atoms with Gasteiger partial charge in [-0.15, -0.1) is 0 Å². The van der Waals surface area contributed by atoms with Gasteiger partial charge in [0.2, 0.25) is 0 Å². The maximum Gasteiger partial charge on any atom is 0.175 e. The highest BCUT2D eigenvalue weighted by Gasteiger charge is 2.15. The molecular weight excluding hydrogens is 284 g/mol. The van der Waals surface area contributed by atoms with Gasteiger partial charge in [0, 0.05) is 18.6 Å². The normalized spacial score (nSPS) is 13.1. The number of hydrogen-bond acceptors (Lipinski definition) is 4. The summed E-state index contributed by atoms with van der Waals surface area (Å²) in [6.45, 7) is 4.86. The second-order valence-electron chi connectivity index (χ2n) is 5.13. The molecule has 0 saturated carbocycles. The fourth-order valence-corrected chi connectivity index (χ4v) is 2.91. The van der Waals surface area contributed by atoms with Gasteiger partial charge in [-0.2, -0.15) is 0 Å². The molecule has 2 rings (SSSR count). The monoisotopic (exact) mass is 304 g/mol. The summed E-state index contributed by atoms with van der Waals surface area (Å²) in [5.74, 6) is 0. The van der Waals surface area contributed by atoms with Crippen LogP contribution < -0.4 is 5.32 Å². The molecule has 1 aromatic carbocycles. The van der Waals surface area contributed by atoms with Crippen LogP contribution in [0.5, 0.6) is 0 Å². The molecule has 0 aliphatic carbocycles. The van der Waals surface area contributed by atoms with Crippen molar-refractivity contribution < 1.29 is 8.42 Å². The zero-order valence-electron chi connectivity index (χ0n) is 12.5. The fourth-order valence-electron chi connectivity index (χ4n) is 2.28. The lowest BCUT2D eigenvalue weighted by Crippen LogP contribution is -2.22. The Morgan fingerprint density at radius 2 is 1.81 bits per heavy atom. The molecule has 0 fully saturated rings. The number of hydrogen-bond donors (Lipinski definition) is 1. The predicted octanol–water partition coefficient (Wildman–Crippen LogP) is 2.49. The molecule has 0 aliphatic rings. The summed E-state index contributed by atoms with van der Waals surface area (Å²) in [6.07, 6.45) is 4.87. The van der Waals surface area contributed by atoms with E-state index in [0.29, 0.717) is 4.90 Å². The second-order valence-corrected chi connectivity index (χ2v) is 7.14. The lowest BCUT2D eigenvalue weighted by Gasteiger charge is -2.19. The molecule has 21 heavy (non-hydrogen) atoms. The topological polar surface area (TPSA) is 59.1 Å². The molecule has 0 bridgehead atoms. The molecule has 1 N–H and O–H groups in total. The van der Waals surface area contributed by atoms with E-state index < -0.39 is 9.84 Å². The Balaban J connectivity index is 2.39. The molecule has 0 spiro atoms. The number of nitrogens with one attached hydrogen (secondary N) is 1. The molecule has 0 saturated heterocycles. The molecular formula is C16H20N2O2S. The van der Waals surface area contributed by atoms with E-state index in [1.165, 1.54) is 6.26 Å². The number of nitrogens with zero attached hydrogens (tertiary/aromatic N) is 1. The molecule has 5 heteroatoms. The second kappa shape index (κ2) is 6.37. The summed E-state index contributed by atoms with van der Waals surface area (Å²) >= 11 is 0. The molecule has 1 unspecified atom stereocenters. The van der Waals surface area contributed by atoms with Gasteiger partial charge in [-0.1, -0.05) is 25.1 Å². The van der Waals surface area contributed by atoms with Crippen LogP contribution >= 0.6 is 0 Å². The van der Waals surface area contributed by atoms with Crippen molar-refractivity contribution in [1.82, 2.24) is 10.3 Å². The van der Waals surface area contributed by atoms with Gasteiger partial charge in [0.1, 0.15) is 0 Å². The highest BCUT2D eigenvalue weighted by Crippen LogP contribution is 2.23. The summed E-state index contributed by atoms with van der Waals surface area (Å²) in [6, 6.07) is 9.11. The first-order valence-electron chi connectivity index (χ1n) is 6.86. The Labute approximate surface area is 126 Å². The lowest BCUT2D eigenvalue weighted by atomic mass is 9.99. The van der Waals surface area contributed by atoms with E-state index in [1.54, 1.807) is 12.1 Å². The smallest absolute Gasteiger partial charge is 0.175 e. The Hall–Kier alpha value is -1.72. The van der Waals surface area contributed by atoms with Crippen LogP contribution in [-0.2, 0) is 9.84 Å². The van der Waals surface area contributed by atoms with Gasteiger partial charge in [0.25, 0.3) is 0 Å². The van der Waals surface area contributed by atoms with Crippen molar-refractivity contribution in [1.29, 1.82) is 0 Å². The number of sulfone groups is 1. The quantitative estimate of drug-likeness (QED) is 0.922. The Kier molecular flexibility index (Phi) is 4.75. The molecule has 112 valence electrons. The van der Waals surface area contributed by atoms with Gasteiger partial charge < -0.3 is 5.32 Å². The summed E-state index contributed by atoms with van der Waals surface area (Å²) in [7, 11) is -3.16. The summed E-state index contributed by atoms with van der Waals surface area (Å²) < 4.78 is 23.1. The van der Waals surface area contributed by atoms with E-state index in [-0.39, 0.29) is 6.04 Å². The molecule has 1 aromatic heterocycles. The highest BCUT2D eigenvalue weighted by molar-refractivity contribution is 7.90. The number of pyridine rings is 1. The Bertz CT molecular complexity index is 709. The molecule has 0 radical (unpaired) electrons. The van der Waals surface area contributed by atoms with Crippen molar-refractivity contribution in [3.8, 4) is 0 Å². The molecule has 1 heterocycles. The molecule has 1 atom stereocenters. The Morgan fingerprint density at radius 3 is 2.33 bits per heavy atom. The molecule has 2 aromatic rings. The van der Waals surface area contributed by atoms with Crippen LogP contribution in [0, 0.1) is 6.92 Å². The largest absolute Gasteiger partial charge is 0.306 e. The average Bonchev–Trinajstić information content (AvgIpc) is 2.44. The minimum Gasteiger partial charge on any atom is -0.306 e. The first-order valence-corrected chi connectivity index (χ1v) is 8.76. The van der Waals surface area contributed by atoms with Crippen LogP contribution in [0.3, 0.4) is 0 Å². The van der Waals surface area contributed by atoms with Crippen LogP contribution in [0.25, 0.3) is 0 Å². The fraction of sp³-hybridized carbons (Fsp3) is 0.312. The molecule has 0 aliphatic heterocycles. The minimum atomic E-state index is -3.16. The van der Waals surface area contributed by atoms with Crippen LogP contribution in [0.4, 0.5) is 0 Å². The standard InChI is InChI=1S/C16H20N2O2S/c1-4-18-16(14-9-12(2)10-17-11-14)13-5-7-15(8-6-13)21(3,19)20/h5-11,16,18H,4H2,1-3H3. The average molecular weight is 304 g/mol. The summed E-state index contributed by atoms with van der Waals surface area (Å²) in [4.78, 5) is 4.57. The van der Waals surface area contributed by atoms with Gasteiger partial charge in [-0.3, -0.25) is 4.98 Å². The van der Waals surface area contributed by atoms with E-state index in [4.69, 9.17) is 0 Å². The maximum atomic E-state index is 11.5. The van der Waals surface area contributed by atoms with E-state index in [9.17, 15) is 8.42 Å². The van der Waals surface area contributed by atoms with Gasteiger partial charge in [0.15, 0.2) is 9.84 Å². The van der Waals surface area contributed by atoms with E-state index in [1.807, 2.05) is 38.4 Å². The number of aryl methyl sites for hydroxylation is 1. The van der Waals surface area contributed by atoms with Crippen molar-refractivity contribution in [3.05, 3.63) is 59.4 Å². The van der Waals surface area contributed by atoms with Crippen molar-refractivity contribution in [3.63, 3.8) is 0 Å². The van der Waals surface area contributed by atoms with Crippen molar-refractivity contribution in [2.45, 2.75) is 24.8 Å². The third-order valence-electron chi connectivity index (χ3n) is 3.28. The van der Waals surface area contributed by atoms with Gasteiger partial charge in [-0.25, -0.2) is 8.42 Å². The van der Waals surface area contributed by atoms with Crippen molar-refractivity contribution in [2.24, 2.45) is 0 Å². The third kappa shape index (κ3) is 3.89. The number of benzene rings is 1. The zero-order valence-corrected chi connectivity index (χ0v) is 13.3. The molecule has 4 nitrogen and oxygen atoms in total. The van der Waals surface area contributed by atoms with Crippen LogP contribution in [0.2, 0.25) is 0 Å². The van der Waals surface area contributed by atoms with Gasteiger partial charge >= 0.3 is 0 Å². The van der Waals surface area contributed by atoms with Gasteiger partial charge in [0.05, 0.1) is 10.9 Å². The first-order chi connectivity index (χ1) is 9.91. The number of aromatic nitrogens is 1. The minimum absolute atomic E-state index is 0.0102. The van der Waals surface area contributed by atoms with Crippen molar-refractivity contribution >= 4 is 9.84 Å². The maximum absolute atomic E-state index is 11.5. The van der Waals surface area contributed by atoms with E-state index >= 15 is 0 Å². The third-order valence-corrected chi connectivity index (χ3v) is 4.41. The van der Waals surface area contributed by atoms with E-state index in [0.717, 1.165) is 23.2 Å². The van der Waals surface area contributed by atoms with E-state index in [2.05, 4.69) is 16.4 Å². The number of rotatable bonds is 5. The van der Waals surface area contributed by atoms with Gasteiger partial charge in [-0.05, 0) is 42.3 Å². The zero-order chi connectivity index (χ0) is 15.5. The lowest BCUT2D eigenvalue weighted by molar-refractivity contribution is 0.601. The predicted molar refractivity (Wildman–Crippen MR) is 84.0 cm³/mol. The summed E-state index contributed by atoms with van der Waals surface area (Å²) in [5, 5.41) is 3.41. The first kappa shape index (κ1) is 15.7. The summed E-state index contributed by atoms with van der Waals surface area (Å²) in [5.41, 5.74) is 3.20. The van der Waals surface area contributed by atoms with Crippen LogP contribution in [-0.4, -0.2) is 26.2 Å². The Morgan fingerprint density at radius 1 is 1.14 bits per heavy atom. The molecule has 0 amide bonds.